The average molecular weight is 1420 g/mol. The Morgan fingerprint density at radius 3 is 1.21 bits per heavy atom. The Morgan fingerprint density at radius 1 is 0.490 bits per heavy atom. The number of primary amides is 1. The quantitative estimate of drug-likeness (QED) is 0.0439. The zero-order valence-corrected chi connectivity index (χ0v) is 55.6. The second-order valence-electron chi connectivity index (χ2n) is 27.6. The molecule has 1 saturated carbocycles. The van der Waals surface area contributed by atoms with Crippen LogP contribution in [0.5, 0.6) is 0 Å². The number of fused-ring (bicyclic) bond motifs is 6. The molecular weight excluding hydrogens is 1340 g/mol. The minimum Gasteiger partial charge on any atom is -0.379 e. The summed E-state index contributed by atoms with van der Waals surface area (Å²) in [5, 5.41) is 2.81. The van der Waals surface area contributed by atoms with Crippen molar-refractivity contribution in [3.8, 4) is 0 Å². The number of amides is 5. The van der Waals surface area contributed by atoms with Gasteiger partial charge in [-0.2, -0.15) is 4.31 Å². The molecule has 19 nitrogen and oxygen atoms in total. The summed E-state index contributed by atoms with van der Waals surface area (Å²) >= 11 is 0. The monoisotopic (exact) mass is 1420 g/mol. The average Bonchev–Trinajstić information content (AvgIpc) is 1.61. The third kappa shape index (κ3) is 17.7. The molecule has 0 aromatic heterocycles. The fraction of sp³-hybridized carbons (Fsp3) is 0.574. The summed E-state index contributed by atoms with van der Waals surface area (Å²) < 4.78 is 179. The summed E-state index contributed by atoms with van der Waals surface area (Å²) in [6, 6.07) is 9.11. The van der Waals surface area contributed by atoms with Gasteiger partial charge in [0.25, 0.3) is 0 Å². The Kier molecular flexibility index (Phi) is 23.8. The molecule has 4 aromatic rings. The topological polar surface area (TPSA) is 292 Å². The van der Waals surface area contributed by atoms with Gasteiger partial charge >= 0.3 is 0 Å². The maximum absolute atomic E-state index is 14.1. The van der Waals surface area contributed by atoms with Crippen LogP contribution in [-0.2, 0) is 67.8 Å². The van der Waals surface area contributed by atoms with Gasteiger partial charge in [-0.25, -0.2) is 56.3 Å². The molecule has 7 saturated heterocycles. The normalized spacial score (nSPS) is 25.7. The van der Waals surface area contributed by atoms with Gasteiger partial charge in [-0.15, -0.1) is 0 Å². The summed E-state index contributed by atoms with van der Waals surface area (Å²) in [7, 11) is -7.44. The van der Waals surface area contributed by atoms with E-state index in [2.05, 4.69) is 5.32 Å². The van der Waals surface area contributed by atoms with E-state index in [1.165, 1.54) is 16.4 Å². The third-order valence-corrected chi connectivity index (χ3v) is 24.3. The molecule has 3 unspecified atom stereocenters. The largest absolute Gasteiger partial charge is 0.379 e. The number of sulfone groups is 1. The molecular formula is C68H84F9N9O10S2. The molecule has 1 aliphatic carbocycles. The first-order chi connectivity index (χ1) is 46.4. The number of benzene rings is 4. The van der Waals surface area contributed by atoms with Crippen molar-refractivity contribution in [2.75, 3.05) is 37.8 Å². The summed E-state index contributed by atoms with van der Waals surface area (Å²) in [5.74, 6) is -12.6. The molecule has 6 bridgehead atoms. The number of nitrogens with two attached hydrogens (primary N) is 4. The highest BCUT2D eigenvalue weighted by Gasteiger charge is 2.49. The summed E-state index contributed by atoms with van der Waals surface area (Å²) in [4.78, 5) is 68.2. The predicted molar refractivity (Wildman–Crippen MR) is 341 cm³/mol. The number of ether oxygens (including phenoxy) is 1. The van der Waals surface area contributed by atoms with E-state index in [1.807, 2.05) is 4.90 Å². The van der Waals surface area contributed by atoms with E-state index < -0.39 is 126 Å². The van der Waals surface area contributed by atoms with Gasteiger partial charge in [-0.1, -0.05) is 18.2 Å². The number of carbonyl (C=O) groups excluding carboxylic acids is 5. The summed E-state index contributed by atoms with van der Waals surface area (Å²) in [5.41, 5.74) is 24.3. The van der Waals surface area contributed by atoms with Gasteiger partial charge in [0.2, 0.25) is 39.6 Å². The fourth-order valence-corrected chi connectivity index (χ4v) is 18.3. The number of nitrogens with one attached hydrogen (secondary N) is 1. The van der Waals surface area contributed by atoms with Gasteiger partial charge in [-0.05, 0) is 180 Å². The standard InChI is InChI=1S/C24H31F3N4O3.C23H25F3N2O3S.C21H28F3N3O4S/c25-17-11-19(27)18(26)9-13(17)10-20(28)14-7-15-3-4-16(8-14)31(15)24(34)21(5-6-22(29)32)30-23(33)12-1-2-12;24-19-12-21(26)20(25)10-14(19)11-22(27)15-8-16-6-7-17(9-15)28(16)23(29)13-32(30,31)18-4-2-1-3-5-18;22-17-11-19(24)18(23)9-13(17)10-20(25)14-7-15-1-2-16(8-14)27(15)21(28)12-32(29,30)26-3-5-31-6-4-26/h9,11-12,14-16,20-21H,1-8,10,28H2,(H2,29,32)(H,30,33);1-5,10,12,15-17,22H,6-9,11,13,27H2;9,11,14-16,20H,1-8,10,12,25H2/t14?,15-,16+,20-,21+;15?,16-,17+,22-;14?,15-,16+,20-/m111/s1. The molecule has 7 heterocycles. The SMILES string of the molecule is NC(=O)CC[C@H](NC(=O)C1CC1)C(=O)N1[C@@H]2CC[C@H]1CC([C@H](N)Cc1cc(F)c(F)cc1F)C2.N[C@H](Cc1cc(F)c(F)cc1F)C1C[C@H]2CC[C@@H](C1)N2C(=O)CS(=O)(=O)N1CCOCC1.N[C@H](Cc1cc(F)c(F)cc1F)C1C[C@H]2CC[C@@H](C1)N2C(=O)CS(=O)(=O)c1ccccc1. The number of hydrogen-bond donors (Lipinski definition) is 5. The van der Waals surface area contributed by atoms with E-state index in [-0.39, 0.29) is 139 Å². The van der Waals surface area contributed by atoms with E-state index in [1.54, 1.807) is 28.0 Å². The van der Waals surface area contributed by atoms with Crippen molar-refractivity contribution in [3.05, 3.63) is 136 Å². The lowest BCUT2D eigenvalue weighted by Gasteiger charge is -2.42. The van der Waals surface area contributed by atoms with Crippen LogP contribution in [0.2, 0.25) is 0 Å². The van der Waals surface area contributed by atoms with Crippen LogP contribution in [0.1, 0.15) is 119 Å². The molecule has 536 valence electrons. The Balaban J connectivity index is 0.000000159. The lowest BCUT2D eigenvalue weighted by Crippen LogP contribution is -2.56. The number of piperidine rings is 3. The fourth-order valence-electron chi connectivity index (χ4n) is 15.8. The van der Waals surface area contributed by atoms with Crippen molar-refractivity contribution < 1.29 is 85.1 Å². The van der Waals surface area contributed by atoms with Crippen molar-refractivity contribution in [1.82, 2.24) is 24.3 Å². The molecule has 0 spiro atoms. The lowest BCUT2D eigenvalue weighted by atomic mass is 9.82. The second kappa shape index (κ2) is 31.5. The highest BCUT2D eigenvalue weighted by molar-refractivity contribution is 7.92. The maximum Gasteiger partial charge on any atom is 0.245 e. The number of sulfonamides is 1. The Bertz CT molecular complexity index is 3780. The van der Waals surface area contributed by atoms with Crippen LogP contribution in [-0.4, -0.2) is 164 Å². The number of halogens is 9. The van der Waals surface area contributed by atoms with Crippen molar-refractivity contribution >= 4 is 49.4 Å². The minimum absolute atomic E-state index is 0.00216. The van der Waals surface area contributed by atoms with E-state index in [0.717, 1.165) is 69.6 Å². The van der Waals surface area contributed by atoms with Gasteiger partial charge in [0.05, 0.1) is 18.1 Å². The van der Waals surface area contributed by atoms with Crippen LogP contribution in [0.3, 0.4) is 0 Å². The van der Waals surface area contributed by atoms with Gasteiger partial charge in [-0.3, -0.25) is 24.0 Å². The molecule has 13 atom stereocenters. The van der Waals surface area contributed by atoms with Crippen molar-refractivity contribution in [2.24, 2.45) is 46.6 Å². The second-order valence-corrected chi connectivity index (χ2v) is 31.5. The molecule has 0 radical (unpaired) electrons. The van der Waals surface area contributed by atoms with E-state index >= 15 is 0 Å². The smallest absolute Gasteiger partial charge is 0.245 e. The Hall–Kier alpha value is -6.70. The first-order valence-electron chi connectivity index (χ1n) is 33.5. The van der Waals surface area contributed by atoms with Gasteiger partial charge in [0, 0.05) is 98.0 Å². The zero-order valence-electron chi connectivity index (χ0n) is 54.0. The summed E-state index contributed by atoms with van der Waals surface area (Å²) in [6.45, 7) is 1.14. The van der Waals surface area contributed by atoms with Crippen LogP contribution in [0.4, 0.5) is 39.5 Å². The van der Waals surface area contributed by atoms with E-state index in [0.29, 0.717) is 69.9 Å². The summed E-state index contributed by atoms with van der Waals surface area (Å²) in [6.07, 6.45) is 10.1. The molecule has 98 heavy (non-hydrogen) atoms. The van der Waals surface area contributed by atoms with Crippen LogP contribution < -0.4 is 28.3 Å². The number of morpholine rings is 1. The Morgan fingerprint density at radius 2 is 0.847 bits per heavy atom. The maximum atomic E-state index is 14.1. The number of carbonyl (C=O) groups is 5. The minimum atomic E-state index is -3.73. The Labute approximate surface area is 563 Å². The van der Waals surface area contributed by atoms with Crippen molar-refractivity contribution in [1.29, 1.82) is 0 Å². The van der Waals surface area contributed by atoms with Gasteiger partial charge in [0.15, 0.2) is 44.7 Å². The highest BCUT2D eigenvalue weighted by atomic mass is 32.2. The molecule has 9 N–H and O–H groups in total. The first-order valence-corrected chi connectivity index (χ1v) is 36.7. The van der Waals surface area contributed by atoms with Crippen molar-refractivity contribution in [2.45, 2.75) is 187 Å². The molecule has 4 aromatic carbocycles. The van der Waals surface area contributed by atoms with Crippen LogP contribution in [0.15, 0.2) is 71.6 Å². The third-order valence-electron chi connectivity index (χ3n) is 20.9. The number of hydrogen-bond acceptors (Lipinski definition) is 13. The number of rotatable bonds is 21. The lowest BCUT2D eigenvalue weighted by molar-refractivity contribution is -0.141. The van der Waals surface area contributed by atoms with Gasteiger partial charge in [0.1, 0.15) is 35.0 Å². The molecule has 30 heteroatoms. The molecule has 8 aliphatic rings. The predicted octanol–water partition coefficient (Wildman–Crippen LogP) is 6.53. The van der Waals surface area contributed by atoms with E-state index in [9.17, 15) is 80.3 Å². The van der Waals surface area contributed by atoms with Crippen LogP contribution >= 0.6 is 0 Å². The first kappa shape index (κ1) is 74.0. The zero-order chi connectivity index (χ0) is 70.7. The van der Waals surface area contributed by atoms with Crippen LogP contribution in [0, 0.1) is 76.0 Å². The molecule has 5 amide bonds. The van der Waals surface area contributed by atoms with Crippen LogP contribution in [0.25, 0.3) is 0 Å². The molecule has 12 rings (SSSR count). The molecule has 8 fully saturated rings. The van der Waals surface area contributed by atoms with E-state index in [4.69, 9.17) is 27.7 Å². The molecule has 7 aliphatic heterocycles. The van der Waals surface area contributed by atoms with Crippen molar-refractivity contribution in [3.63, 3.8) is 0 Å². The highest BCUT2D eigenvalue weighted by Crippen LogP contribution is 2.44. The van der Waals surface area contributed by atoms with Gasteiger partial charge < -0.3 is 47.7 Å². The number of nitrogens with zero attached hydrogens (tertiary/aromatic N) is 4.